The van der Waals surface area contributed by atoms with E-state index in [0.29, 0.717) is 22.2 Å². The number of hydrogen-bond donors (Lipinski definition) is 2. The largest absolute Gasteiger partial charge is 0.358 e. The van der Waals surface area contributed by atoms with Crippen molar-refractivity contribution in [3.8, 4) is 0 Å². The van der Waals surface area contributed by atoms with Crippen LogP contribution in [0.2, 0.25) is 10.2 Å². The van der Waals surface area contributed by atoms with E-state index in [0.717, 1.165) is 17.7 Å². The summed E-state index contributed by atoms with van der Waals surface area (Å²) < 4.78 is 13.4. The van der Waals surface area contributed by atoms with E-state index in [1.54, 1.807) is 25.2 Å². The fourth-order valence-electron chi connectivity index (χ4n) is 3.22. The van der Waals surface area contributed by atoms with E-state index in [9.17, 15) is 9.18 Å². The zero-order valence-electron chi connectivity index (χ0n) is 16.4. The van der Waals surface area contributed by atoms with Crippen molar-refractivity contribution in [2.45, 2.75) is 24.9 Å². The lowest BCUT2D eigenvalue weighted by Crippen LogP contribution is -2.38. The summed E-state index contributed by atoms with van der Waals surface area (Å²) in [4.78, 5) is 17.1. The quantitative estimate of drug-likeness (QED) is 0.463. The number of amides is 1. The van der Waals surface area contributed by atoms with E-state index >= 15 is 0 Å². The van der Waals surface area contributed by atoms with Gasteiger partial charge in [-0.25, -0.2) is 9.37 Å². The molecule has 7 heteroatoms. The second kappa shape index (κ2) is 10.5. The molecule has 2 atom stereocenters. The maximum atomic E-state index is 13.4. The van der Waals surface area contributed by atoms with Gasteiger partial charge in [-0.15, -0.1) is 0 Å². The molecule has 3 aromatic rings. The molecule has 1 heterocycles. The second-order valence-corrected chi connectivity index (χ2v) is 7.69. The van der Waals surface area contributed by atoms with Crippen LogP contribution in [0.15, 0.2) is 66.7 Å². The van der Waals surface area contributed by atoms with Gasteiger partial charge in [-0.2, -0.15) is 0 Å². The number of hydrogen-bond acceptors (Lipinski definition) is 3. The smallest absolute Gasteiger partial charge is 0.241 e. The number of benzene rings is 2. The number of halogens is 3. The number of carbonyl (C=O) groups excluding carboxylic acids is 1. The molecule has 0 bridgehead atoms. The normalized spacial score (nSPS) is 12.9. The fraction of sp³-hybridized carbons (Fsp3) is 0.217. The Labute approximate surface area is 185 Å². The number of carbonyl (C=O) groups is 1. The number of nitrogens with zero attached hydrogens (tertiary/aromatic N) is 1. The van der Waals surface area contributed by atoms with Crippen molar-refractivity contribution in [1.29, 1.82) is 0 Å². The monoisotopic (exact) mass is 445 g/mol. The van der Waals surface area contributed by atoms with Crippen LogP contribution in [0.4, 0.5) is 4.39 Å². The third kappa shape index (κ3) is 6.02. The van der Waals surface area contributed by atoms with Gasteiger partial charge in [-0.05, 0) is 60.4 Å². The molecule has 0 aliphatic rings. The van der Waals surface area contributed by atoms with Gasteiger partial charge in [-0.1, -0.05) is 53.5 Å². The van der Waals surface area contributed by atoms with Crippen LogP contribution >= 0.6 is 23.2 Å². The van der Waals surface area contributed by atoms with E-state index in [4.69, 9.17) is 23.2 Å². The molecule has 0 saturated carbocycles. The van der Waals surface area contributed by atoms with Crippen LogP contribution in [0.25, 0.3) is 0 Å². The molecule has 3 rings (SSSR count). The Balaban J connectivity index is 1.87. The van der Waals surface area contributed by atoms with Gasteiger partial charge in [0.25, 0.3) is 0 Å². The van der Waals surface area contributed by atoms with Crippen LogP contribution in [0.1, 0.15) is 35.3 Å². The summed E-state index contributed by atoms with van der Waals surface area (Å²) in [6, 6.07) is 18.0. The summed E-state index contributed by atoms with van der Waals surface area (Å²) >= 11 is 12.1. The minimum atomic E-state index is -0.674. The molecule has 2 N–H and O–H groups in total. The average molecular weight is 446 g/mol. The molecule has 2 aromatic carbocycles. The van der Waals surface area contributed by atoms with Crippen LogP contribution in [-0.2, 0) is 11.2 Å². The first-order valence-electron chi connectivity index (χ1n) is 9.56. The summed E-state index contributed by atoms with van der Waals surface area (Å²) in [5.74, 6) is -0.578. The number of aromatic nitrogens is 1. The first kappa shape index (κ1) is 22.2. The Morgan fingerprint density at radius 1 is 1.03 bits per heavy atom. The number of pyridine rings is 1. The van der Waals surface area contributed by atoms with Gasteiger partial charge in [0.15, 0.2) is 0 Å². The topological polar surface area (TPSA) is 54.0 Å². The minimum absolute atomic E-state index is 0.222. The highest BCUT2D eigenvalue weighted by Crippen LogP contribution is 2.25. The molecule has 0 radical (unpaired) electrons. The average Bonchev–Trinajstić information content (AvgIpc) is 2.75. The lowest BCUT2D eigenvalue weighted by atomic mass is 9.99. The van der Waals surface area contributed by atoms with E-state index < -0.39 is 6.04 Å². The van der Waals surface area contributed by atoms with Gasteiger partial charge >= 0.3 is 0 Å². The van der Waals surface area contributed by atoms with Crippen LogP contribution < -0.4 is 10.6 Å². The zero-order valence-corrected chi connectivity index (χ0v) is 17.9. The van der Waals surface area contributed by atoms with Gasteiger partial charge in [0.2, 0.25) is 5.91 Å². The van der Waals surface area contributed by atoms with Crippen LogP contribution in [0.3, 0.4) is 0 Å². The lowest BCUT2D eigenvalue weighted by Gasteiger charge is -2.25. The van der Waals surface area contributed by atoms with Gasteiger partial charge in [-0.3, -0.25) is 10.1 Å². The van der Waals surface area contributed by atoms with E-state index in [-0.39, 0.29) is 17.8 Å². The standard InChI is InChI=1S/C23H22Cl2FN3O/c1-27-23(30)22(16-8-12-18(26)13-9-16)29-20(19-3-2-4-21(25)28-19)14-7-15-5-10-17(24)11-6-15/h2-6,8-13,20,22,29H,7,14H2,1H3,(H,27,30)/t20-,22?/m0/s1. The van der Waals surface area contributed by atoms with E-state index in [2.05, 4.69) is 15.6 Å². The van der Waals surface area contributed by atoms with Gasteiger partial charge in [0.05, 0.1) is 11.7 Å². The Morgan fingerprint density at radius 2 is 1.73 bits per heavy atom. The Morgan fingerprint density at radius 3 is 2.37 bits per heavy atom. The molecule has 0 fully saturated rings. The maximum Gasteiger partial charge on any atom is 0.241 e. The molecule has 1 unspecified atom stereocenters. The molecule has 0 aliphatic heterocycles. The Hall–Kier alpha value is -2.47. The Kier molecular flexibility index (Phi) is 7.80. The van der Waals surface area contributed by atoms with Crippen molar-refractivity contribution in [1.82, 2.24) is 15.6 Å². The van der Waals surface area contributed by atoms with Crippen LogP contribution in [-0.4, -0.2) is 17.9 Å². The van der Waals surface area contributed by atoms with Crippen molar-refractivity contribution in [3.63, 3.8) is 0 Å². The van der Waals surface area contributed by atoms with E-state index in [1.165, 1.54) is 12.1 Å². The third-order valence-corrected chi connectivity index (χ3v) is 5.27. The summed E-state index contributed by atoms with van der Waals surface area (Å²) in [5.41, 5.74) is 2.51. The van der Waals surface area contributed by atoms with Crippen LogP contribution in [0, 0.1) is 5.82 Å². The summed E-state index contributed by atoms with van der Waals surface area (Å²) in [5, 5.41) is 7.11. The molecule has 1 aromatic heterocycles. The fourth-order valence-corrected chi connectivity index (χ4v) is 3.52. The van der Waals surface area contributed by atoms with Crippen LogP contribution in [0.5, 0.6) is 0 Å². The van der Waals surface area contributed by atoms with Crippen molar-refractivity contribution in [2.24, 2.45) is 0 Å². The summed E-state index contributed by atoms with van der Waals surface area (Å²) in [6.45, 7) is 0. The molecule has 0 saturated heterocycles. The molecule has 156 valence electrons. The predicted octanol–water partition coefficient (Wildman–Crippen LogP) is 5.28. The van der Waals surface area contributed by atoms with Gasteiger partial charge in [0, 0.05) is 12.1 Å². The zero-order chi connectivity index (χ0) is 21.5. The minimum Gasteiger partial charge on any atom is -0.358 e. The van der Waals surface area contributed by atoms with Gasteiger partial charge < -0.3 is 5.32 Å². The molecular formula is C23H22Cl2FN3O. The number of rotatable bonds is 8. The molecule has 30 heavy (non-hydrogen) atoms. The van der Waals surface area contributed by atoms with E-state index in [1.807, 2.05) is 36.4 Å². The van der Waals surface area contributed by atoms with Crippen molar-refractivity contribution < 1.29 is 9.18 Å². The van der Waals surface area contributed by atoms with Gasteiger partial charge in [0.1, 0.15) is 17.0 Å². The highest BCUT2D eigenvalue weighted by atomic mass is 35.5. The van der Waals surface area contributed by atoms with Crippen molar-refractivity contribution >= 4 is 29.1 Å². The van der Waals surface area contributed by atoms with Crippen molar-refractivity contribution in [2.75, 3.05) is 7.05 Å². The SMILES string of the molecule is CNC(=O)C(N[C@@H](CCc1ccc(Cl)cc1)c1cccc(Cl)n1)c1ccc(F)cc1. The summed E-state index contributed by atoms with van der Waals surface area (Å²) in [7, 11) is 1.57. The second-order valence-electron chi connectivity index (χ2n) is 6.87. The molecular weight excluding hydrogens is 424 g/mol. The first-order valence-corrected chi connectivity index (χ1v) is 10.3. The number of likely N-dealkylation sites (N-methyl/N-ethyl adjacent to an activating group) is 1. The third-order valence-electron chi connectivity index (χ3n) is 4.81. The first-order chi connectivity index (χ1) is 14.5. The molecule has 0 spiro atoms. The maximum absolute atomic E-state index is 13.4. The predicted molar refractivity (Wildman–Crippen MR) is 118 cm³/mol. The highest BCUT2D eigenvalue weighted by Gasteiger charge is 2.25. The Bertz CT molecular complexity index is 980. The number of nitrogens with one attached hydrogen (secondary N) is 2. The molecule has 1 amide bonds. The van der Waals surface area contributed by atoms with Crippen molar-refractivity contribution in [3.05, 3.63) is 99.5 Å². The lowest BCUT2D eigenvalue weighted by molar-refractivity contribution is -0.123. The molecule has 0 aliphatic carbocycles. The highest BCUT2D eigenvalue weighted by molar-refractivity contribution is 6.30. The molecule has 4 nitrogen and oxygen atoms in total. The number of aryl methyl sites for hydroxylation is 1. The summed E-state index contributed by atoms with van der Waals surface area (Å²) in [6.07, 6.45) is 1.41.